The summed E-state index contributed by atoms with van der Waals surface area (Å²) in [5, 5.41) is 10.8. The van der Waals surface area contributed by atoms with E-state index in [1.807, 2.05) is 0 Å². The molecular weight excluding hydrogens is 238 g/mol. The van der Waals surface area contributed by atoms with Gasteiger partial charge in [-0.15, -0.1) is 0 Å². The van der Waals surface area contributed by atoms with Gasteiger partial charge in [0.1, 0.15) is 0 Å². The van der Waals surface area contributed by atoms with Crippen LogP contribution in [0.4, 0.5) is 14.5 Å². The van der Waals surface area contributed by atoms with Crippen molar-refractivity contribution in [1.29, 1.82) is 0 Å². The van der Waals surface area contributed by atoms with Crippen molar-refractivity contribution < 1.29 is 23.2 Å². The van der Waals surface area contributed by atoms with Gasteiger partial charge in [0.05, 0.1) is 12.0 Å². The fourth-order valence-electron chi connectivity index (χ4n) is 1.30. The molecule has 1 aromatic rings. The van der Waals surface area contributed by atoms with Crippen LogP contribution in [-0.4, -0.2) is 23.0 Å². The van der Waals surface area contributed by atoms with E-state index < -0.39 is 34.3 Å². The Kier molecular flexibility index (Phi) is 3.66. The highest BCUT2D eigenvalue weighted by Gasteiger charge is 2.29. The Labute approximate surface area is 94.4 Å². The molecule has 0 spiro atoms. The fraction of sp³-hybridized carbons (Fsp3) is 0.333. The number of hydrogen-bond acceptors (Lipinski definition) is 5. The molecule has 0 N–H and O–H groups in total. The highest BCUT2D eigenvalue weighted by atomic mass is 19.3. The molecule has 1 heterocycles. The fourth-order valence-corrected chi connectivity index (χ4v) is 1.30. The van der Waals surface area contributed by atoms with E-state index in [1.54, 1.807) is 0 Å². The molecule has 0 unspecified atom stereocenters. The number of nitro groups is 1. The molecule has 0 aromatic carbocycles. The second-order valence-corrected chi connectivity index (χ2v) is 3.09. The van der Waals surface area contributed by atoms with Crippen molar-refractivity contribution in [2.45, 2.75) is 13.3 Å². The summed E-state index contributed by atoms with van der Waals surface area (Å²) < 4.78 is 29.3. The van der Waals surface area contributed by atoms with Crippen LogP contribution in [-0.2, 0) is 4.74 Å². The largest absolute Gasteiger partial charge is 0.464 e. The molecule has 0 aliphatic heterocycles. The van der Waals surface area contributed by atoms with E-state index >= 15 is 0 Å². The first-order chi connectivity index (χ1) is 7.90. The lowest BCUT2D eigenvalue weighted by Gasteiger charge is -2.07. The van der Waals surface area contributed by atoms with Crippen LogP contribution in [0.15, 0.2) is 6.20 Å². The van der Waals surface area contributed by atoms with Crippen LogP contribution >= 0.6 is 0 Å². The Bertz CT molecular complexity index is 476. The molecule has 17 heavy (non-hydrogen) atoms. The second-order valence-electron chi connectivity index (χ2n) is 3.09. The zero-order chi connectivity index (χ0) is 13.2. The minimum Gasteiger partial charge on any atom is -0.464 e. The smallest absolute Gasteiger partial charge is 0.363 e. The molecule has 0 amide bonds. The SMILES string of the molecule is COC(=O)c1ncc(C(F)F)c(C)c1[N+](=O)[O-]. The van der Waals surface area contributed by atoms with Gasteiger partial charge in [0.15, 0.2) is 0 Å². The highest BCUT2D eigenvalue weighted by molar-refractivity contribution is 5.92. The summed E-state index contributed by atoms with van der Waals surface area (Å²) in [6.45, 7) is 1.13. The van der Waals surface area contributed by atoms with Gasteiger partial charge in [-0.1, -0.05) is 0 Å². The van der Waals surface area contributed by atoms with Crippen LogP contribution in [0.1, 0.15) is 28.0 Å². The molecule has 1 aromatic heterocycles. The maximum absolute atomic E-state index is 12.5. The summed E-state index contributed by atoms with van der Waals surface area (Å²) in [5.74, 6) is -1.04. The van der Waals surface area contributed by atoms with E-state index in [9.17, 15) is 23.7 Å². The van der Waals surface area contributed by atoms with Crippen molar-refractivity contribution in [3.05, 3.63) is 33.1 Å². The van der Waals surface area contributed by atoms with Crippen LogP contribution in [0.25, 0.3) is 0 Å². The molecular formula is C9H8F2N2O4. The normalized spacial score (nSPS) is 10.4. The molecule has 0 fully saturated rings. The third-order valence-corrected chi connectivity index (χ3v) is 2.14. The molecule has 0 saturated carbocycles. The summed E-state index contributed by atoms with van der Waals surface area (Å²) in [4.78, 5) is 24.4. The first-order valence-corrected chi connectivity index (χ1v) is 4.40. The molecule has 1 rings (SSSR count). The van der Waals surface area contributed by atoms with Crippen molar-refractivity contribution >= 4 is 11.7 Å². The number of nitrogens with zero attached hydrogens (tertiary/aromatic N) is 2. The zero-order valence-electron chi connectivity index (χ0n) is 8.94. The lowest BCUT2D eigenvalue weighted by Crippen LogP contribution is -2.11. The molecule has 0 radical (unpaired) electrons. The van der Waals surface area contributed by atoms with Gasteiger partial charge >= 0.3 is 11.7 Å². The van der Waals surface area contributed by atoms with E-state index in [-0.39, 0.29) is 5.56 Å². The third kappa shape index (κ3) is 2.35. The van der Waals surface area contributed by atoms with Gasteiger partial charge in [0, 0.05) is 17.3 Å². The summed E-state index contributed by atoms with van der Waals surface area (Å²) in [7, 11) is 1.02. The van der Waals surface area contributed by atoms with Crippen LogP contribution in [0.3, 0.4) is 0 Å². The highest BCUT2D eigenvalue weighted by Crippen LogP contribution is 2.30. The van der Waals surface area contributed by atoms with Crippen molar-refractivity contribution in [1.82, 2.24) is 4.98 Å². The number of aromatic nitrogens is 1. The van der Waals surface area contributed by atoms with Crippen molar-refractivity contribution in [2.24, 2.45) is 0 Å². The number of ether oxygens (including phenoxy) is 1. The Morgan fingerprint density at radius 1 is 1.59 bits per heavy atom. The van der Waals surface area contributed by atoms with Gasteiger partial charge in [-0.3, -0.25) is 10.1 Å². The maximum Gasteiger partial charge on any atom is 0.363 e. The van der Waals surface area contributed by atoms with Crippen LogP contribution in [0.5, 0.6) is 0 Å². The van der Waals surface area contributed by atoms with Gasteiger partial charge in [-0.25, -0.2) is 18.6 Å². The minimum atomic E-state index is -2.90. The Balaban J connectivity index is 3.50. The molecule has 8 heteroatoms. The number of carbonyl (C=O) groups excluding carboxylic acids is 1. The molecule has 6 nitrogen and oxygen atoms in total. The number of halogens is 2. The Morgan fingerprint density at radius 3 is 2.59 bits per heavy atom. The van der Waals surface area contributed by atoms with Gasteiger partial charge in [-0.2, -0.15) is 0 Å². The number of rotatable bonds is 3. The molecule has 0 atom stereocenters. The molecule has 0 aliphatic carbocycles. The topological polar surface area (TPSA) is 82.3 Å². The van der Waals surface area contributed by atoms with E-state index in [0.717, 1.165) is 20.2 Å². The molecule has 0 bridgehead atoms. The van der Waals surface area contributed by atoms with Gasteiger partial charge in [-0.05, 0) is 6.92 Å². The predicted octanol–water partition coefficient (Wildman–Crippen LogP) is 2.02. The lowest BCUT2D eigenvalue weighted by molar-refractivity contribution is -0.386. The first-order valence-electron chi connectivity index (χ1n) is 4.40. The Hall–Kier alpha value is -2.12. The third-order valence-electron chi connectivity index (χ3n) is 2.14. The first kappa shape index (κ1) is 12.9. The number of methoxy groups -OCH3 is 1. The molecule has 0 saturated heterocycles. The summed E-state index contributed by atoms with van der Waals surface area (Å²) >= 11 is 0. The monoisotopic (exact) mass is 246 g/mol. The number of pyridine rings is 1. The van der Waals surface area contributed by atoms with Crippen molar-refractivity contribution in [3.63, 3.8) is 0 Å². The summed E-state index contributed by atoms with van der Waals surface area (Å²) in [5.41, 5.74) is -2.21. The minimum absolute atomic E-state index is 0.291. The molecule has 92 valence electrons. The average molecular weight is 246 g/mol. The zero-order valence-corrected chi connectivity index (χ0v) is 8.94. The number of hydrogen-bond donors (Lipinski definition) is 0. The van der Waals surface area contributed by atoms with Crippen LogP contribution < -0.4 is 0 Å². The van der Waals surface area contributed by atoms with Crippen molar-refractivity contribution in [3.8, 4) is 0 Å². The Morgan fingerprint density at radius 2 is 2.18 bits per heavy atom. The molecule has 0 aliphatic rings. The van der Waals surface area contributed by atoms with E-state index in [2.05, 4.69) is 9.72 Å². The van der Waals surface area contributed by atoms with Gasteiger partial charge in [0.2, 0.25) is 5.69 Å². The summed E-state index contributed by atoms with van der Waals surface area (Å²) in [6, 6.07) is 0. The lowest BCUT2D eigenvalue weighted by atomic mass is 10.1. The predicted molar refractivity (Wildman–Crippen MR) is 51.9 cm³/mol. The van der Waals surface area contributed by atoms with Crippen LogP contribution in [0, 0.1) is 17.0 Å². The number of alkyl halides is 2. The van der Waals surface area contributed by atoms with Gasteiger partial charge in [0.25, 0.3) is 6.43 Å². The standard InChI is InChI=1S/C9H8F2N2O4/c1-4-5(8(10)11)3-12-6(9(14)17-2)7(4)13(15)16/h3,8H,1-2H3. The average Bonchev–Trinajstić information content (AvgIpc) is 2.26. The quantitative estimate of drug-likeness (QED) is 0.463. The second kappa shape index (κ2) is 4.81. The van der Waals surface area contributed by atoms with Crippen molar-refractivity contribution in [2.75, 3.05) is 7.11 Å². The van der Waals surface area contributed by atoms with E-state index in [0.29, 0.717) is 0 Å². The number of esters is 1. The van der Waals surface area contributed by atoms with E-state index in [4.69, 9.17) is 0 Å². The van der Waals surface area contributed by atoms with Gasteiger partial charge < -0.3 is 4.74 Å². The van der Waals surface area contributed by atoms with E-state index in [1.165, 1.54) is 0 Å². The number of carbonyl (C=O) groups is 1. The van der Waals surface area contributed by atoms with Crippen LogP contribution in [0.2, 0.25) is 0 Å². The maximum atomic E-state index is 12.5. The summed E-state index contributed by atoms with van der Waals surface area (Å²) in [6.07, 6.45) is -2.16.